The summed E-state index contributed by atoms with van der Waals surface area (Å²) in [6.07, 6.45) is 1.07. The number of carboxylic acid groups (broad SMARTS) is 1. The summed E-state index contributed by atoms with van der Waals surface area (Å²) in [5, 5.41) is 11.7. The summed E-state index contributed by atoms with van der Waals surface area (Å²) in [6, 6.07) is 20.2. The van der Waals surface area contributed by atoms with Crippen molar-refractivity contribution in [1.29, 1.82) is 0 Å². The maximum atomic E-state index is 12.2. The maximum Gasteiger partial charge on any atom is 0.306 e. The van der Waals surface area contributed by atoms with Gasteiger partial charge in [-0.2, -0.15) is 8.42 Å². The van der Waals surface area contributed by atoms with Crippen molar-refractivity contribution in [1.82, 2.24) is 0 Å². The van der Waals surface area contributed by atoms with Crippen molar-refractivity contribution in [2.45, 2.75) is 31.1 Å². The van der Waals surface area contributed by atoms with Gasteiger partial charge in [-0.25, -0.2) is 0 Å². The standard InChI is InChI=1S/C23H24O5S/c1-17-11-13-21(14-12-17)29(26,27)28-15-5-9-20(23(24)25)16-19-8-4-7-18-6-2-3-10-22(18)19/h2-4,6-8,10-14,20H,5,9,15-16H2,1H3,(H,24,25)/t20-/m0/s1. The van der Waals surface area contributed by atoms with Crippen molar-refractivity contribution in [3.05, 3.63) is 77.9 Å². The fourth-order valence-electron chi connectivity index (χ4n) is 3.32. The van der Waals surface area contributed by atoms with Gasteiger partial charge in [0.1, 0.15) is 0 Å². The van der Waals surface area contributed by atoms with Gasteiger partial charge in [0.15, 0.2) is 0 Å². The van der Waals surface area contributed by atoms with Crippen LogP contribution in [0.3, 0.4) is 0 Å². The van der Waals surface area contributed by atoms with E-state index in [-0.39, 0.29) is 11.5 Å². The van der Waals surface area contributed by atoms with Gasteiger partial charge in [-0.15, -0.1) is 0 Å². The van der Waals surface area contributed by atoms with Crippen LogP contribution in [0, 0.1) is 12.8 Å². The maximum absolute atomic E-state index is 12.2. The van der Waals surface area contributed by atoms with E-state index < -0.39 is 22.0 Å². The Balaban J connectivity index is 1.60. The van der Waals surface area contributed by atoms with E-state index in [2.05, 4.69) is 0 Å². The Morgan fingerprint density at radius 3 is 2.41 bits per heavy atom. The zero-order chi connectivity index (χ0) is 20.9. The zero-order valence-corrected chi connectivity index (χ0v) is 17.1. The fourth-order valence-corrected chi connectivity index (χ4v) is 4.26. The Kier molecular flexibility index (Phi) is 6.67. The second kappa shape index (κ2) is 9.20. The van der Waals surface area contributed by atoms with E-state index in [1.165, 1.54) is 12.1 Å². The highest BCUT2D eigenvalue weighted by Gasteiger charge is 2.20. The van der Waals surface area contributed by atoms with Crippen LogP contribution in [-0.4, -0.2) is 26.1 Å². The van der Waals surface area contributed by atoms with Crippen LogP contribution in [0.1, 0.15) is 24.0 Å². The number of hydrogen-bond acceptors (Lipinski definition) is 4. The molecule has 1 N–H and O–H groups in total. The van der Waals surface area contributed by atoms with Crippen LogP contribution in [0.5, 0.6) is 0 Å². The number of hydrogen-bond donors (Lipinski definition) is 1. The van der Waals surface area contributed by atoms with Gasteiger partial charge in [0.25, 0.3) is 10.1 Å². The fraction of sp³-hybridized carbons (Fsp3) is 0.261. The molecule has 0 fully saturated rings. The predicted octanol–water partition coefficient (Wildman–Crippen LogP) is 4.58. The molecule has 5 nitrogen and oxygen atoms in total. The van der Waals surface area contributed by atoms with Gasteiger partial charge in [0, 0.05) is 0 Å². The topological polar surface area (TPSA) is 80.7 Å². The largest absolute Gasteiger partial charge is 0.481 e. The molecule has 3 aromatic carbocycles. The SMILES string of the molecule is Cc1ccc(S(=O)(=O)OCCC[C@@H](Cc2cccc3ccccc23)C(=O)O)cc1. The predicted molar refractivity (Wildman–Crippen MR) is 112 cm³/mol. The van der Waals surface area contributed by atoms with E-state index in [1.807, 2.05) is 49.4 Å². The van der Waals surface area contributed by atoms with Crippen LogP contribution < -0.4 is 0 Å². The van der Waals surface area contributed by atoms with E-state index in [0.29, 0.717) is 19.3 Å². The average molecular weight is 413 g/mol. The van der Waals surface area contributed by atoms with Crippen LogP contribution in [0.2, 0.25) is 0 Å². The lowest BCUT2D eigenvalue weighted by Crippen LogP contribution is -2.18. The van der Waals surface area contributed by atoms with E-state index >= 15 is 0 Å². The molecule has 0 amide bonds. The van der Waals surface area contributed by atoms with Crippen molar-refractivity contribution in [3.8, 4) is 0 Å². The number of benzene rings is 3. The second-order valence-electron chi connectivity index (χ2n) is 7.11. The third-order valence-corrected chi connectivity index (χ3v) is 6.27. The van der Waals surface area contributed by atoms with Crippen molar-refractivity contribution in [3.63, 3.8) is 0 Å². The first-order chi connectivity index (χ1) is 13.9. The van der Waals surface area contributed by atoms with Crippen LogP contribution in [-0.2, 0) is 25.5 Å². The molecule has 0 bridgehead atoms. The third-order valence-electron chi connectivity index (χ3n) is 4.94. The van der Waals surface area contributed by atoms with Gasteiger partial charge in [-0.1, -0.05) is 60.2 Å². The lowest BCUT2D eigenvalue weighted by Gasteiger charge is -2.14. The van der Waals surface area contributed by atoms with Gasteiger partial charge in [0.2, 0.25) is 0 Å². The molecule has 29 heavy (non-hydrogen) atoms. The normalized spacial score (nSPS) is 12.7. The molecule has 0 heterocycles. The molecule has 0 spiro atoms. The Bertz CT molecular complexity index is 1080. The summed E-state index contributed by atoms with van der Waals surface area (Å²) in [5.74, 6) is -1.49. The molecule has 0 unspecified atom stereocenters. The van der Waals surface area contributed by atoms with Gasteiger partial charge < -0.3 is 5.11 Å². The van der Waals surface area contributed by atoms with Gasteiger partial charge >= 0.3 is 5.97 Å². The zero-order valence-electron chi connectivity index (χ0n) is 16.2. The molecular formula is C23H24O5S. The van der Waals surface area contributed by atoms with Crippen LogP contribution in [0.15, 0.2) is 71.6 Å². The summed E-state index contributed by atoms with van der Waals surface area (Å²) in [6.45, 7) is 1.83. The van der Waals surface area contributed by atoms with E-state index in [9.17, 15) is 18.3 Å². The number of aryl methyl sites for hydroxylation is 1. The van der Waals surface area contributed by atoms with Gasteiger partial charge in [-0.05, 0) is 54.7 Å². The monoisotopic (exact) mass is 412 g/mol. The molecule has 3 aromatic rings. The number of aliphatic carboxylic acids is 1. The first kappa shape index (κ1) is 21.0. The smallest absolute Gasteiger partial charge is 0.306 e. The van der Waals surface area contributed by atoms with Gasteiger partial charge in [0.05, 0.1) is 17.4 Å². The number of fused-ring (bicyclic) bond motifs is 1. The molecule has 0 saturated heterocycles. The Morgan fingerprint density at radius 1 is 1.00 bits per heavy atom. The average Bonchev–Trinajstić information content (AvgIpc) is 2.70. The molecule has 0 aliphatic carbocycles. The molecule has 152 valence electrons. The van der Waals surface area contributed by atoms with E-state index in [0.717, 1.165) is 21.9 Å². The minimum Gasteiger partial charge on any atom is -0.481 e. The van der Waals surface area contributed by atoms with Crippen molar-refractivity contribution >= 4 is 26.9 Å². The van der Waals surface area contributed by atoms with Crippen LogP contribution >= 0.6 is 0 Å². The van der Waals surface area contributed by atoms with E-state index in [1.54, 1.807) is 12.1 Å². The Labute approximate surface area is 171 Å². The summed E-state index contributed by atoms with van der Waals surface area (Å²) in [4.78, 5) is 11.8. The van der Waals surface area contributed by atoms with Crippen molar-refractivity contribution < 1.29 is 22.5 Å². The highest BCUT2D eigenvalue weighted by molar-refractivity contribution is 7.86. The summed E-state index contributed by atoms with van der Waals surface area (Å²) in [5.41, 5.74) is 1.94. The minimum atomic E-state index is -3.83. The highest BCUT2D eigenvalue weighted by atomic mass is 32.2. The molecule has 0 radical (unpaired) electrons. The molecular weight excluding hydrogens is 388 g/mol. The lowest BCUT2D eigenvalue weighted by atomic mass is 9.92. The molecule has 0 saturated carbocycles. The Hall–Kier alpha value is -2.70. The highest BCUT2D eigenvalue weighted by Crippen LogP contribution is 2.23. The van der Waals surface area contributed by atoms with Crippen molar-refractivity contribution in [2.75, 3.05) is 6.61 Å². The quantitative estimate of drug-likeness (QED) is 0.411. The van der Waals surface area contributed by atoms with Crippen LogP contribution in [0.4, 0.5) is 0 Å². The second-order valence-corrected chi connectivity index (χ2v) is 8.72. The summed E-state index contributed by atoms with van der Waals surface area (Å²) >= 11 is 0. The number of carbonyl (C=O) groups is 1. The van der Waals surface area contributed by atoms with E-state index in [4.69, 9.17) is 4.18 Å². The molecule has 0 aromatic heterocycles. The third kappa shape index (κ3) is 5.43. The first-order valence-electron chi connectivity index (χ1n) is 9.52. The first-order valence-corrected chi connectivity index (χ1v) is 10.9. The summed E-state index contributed by atoms with van der Waals surface area (Å²) in [7, 11) is -3.83. The molecule has 1 atom stereocenters. The molecule has 3 rings (SSSR count). The number of carboxylic acids is 1. The lowest BCUT2D eigenvalue weighted by molar-refractivity contribution is -0.142. The summed E-state index contributed by atoms with van der Waals surface area (Å²) < 4.78 is 29.5. The minimum absolute atomic E-state index is 0.0461. The molecule has 0 aliphatic heterocycles. The molecule has 0 aliphatic rings. The van der Waals surface area contributed by atoms with Gasteiger partial charge in [-0.3, -0.25) is 8.98 Å². The number of rotatable bonds is 9. The van der Waals surface area contributed by atoms with Crippen molar-refractivity contribution in [2.24, 2.45) is 5.92 Å². The Morgan fingerprint density at radius 2 is 1.69 bits per heavy atom. The molecule has 6 heteroatoms. The van der Waals surface area contributed by atoms with Crippen LogP contribution in [0.25, 0.3) is 10.8 Å².